The maximum Gasteiger partial charge on any atom is 0.534 e. The molecule has 222 valence electrons. The fourth-order valence-corrected chi connectivity index (χ4v) is 4.43. The maximum atomic E-state index is 13.5. The summed E-state index contributed by atoms with van der Waals surface area (Å²) in [6.45, 7) is 10.9. The molecule has 0 aliphatic rings. The van der Waals surface area contributed by atoms with Crippen molar-refractivity contribution in [3.05, 3.63) is 50.6 Å². The van der Waals surface area contributed by atoms with E-state index in [0.717, 1.165) is 6.42 Å². The van der Waals surface area contributed by atoms with Crippen molar-refractivity contribution in [2.24, 2.45) is 0 Å². The van der Waals surface area contributed by atoms with E-state index in [1.807, 2.05) is 6.92 Å². The van der Waals surface area contributed by atoms with Gasteiger partial charge in [0.1, 0.15) is 17.1 Å². The summed E-state index contributed by atoms with van der Waals surface area (Å²) in [6.07, 6.45) is 1.40. The lowest BCUT2D eigenvalue weighted by Gasteiger charge is -2.21. The number of carbonyl (C=O) groups excluding carboxylic acids is 2. The summed E-state index contributed by atoms with van der Waals surface area (Å²) in [4.78, 5) is 26.1. The number of carbonyl (C=O) groups is 2. The molecule has 0 N–H and O–H groups in total. The molecule has 40 heavy (non-hydrogen) atoms. The van der Waals surface area contributed by atoms with Crippen LogP contribution in [0.25, 0.3) is 0 Å². The van der Waals surface area contributed by atoms with Gasteiger partial charge in [0.15, 0.2) is 12.5 Å². The van der Waals surface area contributed by atoms with Crippen molar-refractivity contribution in [2.75, 3.05) is 20.5 Å². The molecule has 0 aromatic heterocycles. The van der Waals surface area contributed by atoms with E-state index in [2.05, 4.69) is 4.18 Å². The molecule has 9 nitrogen and oxygen atoms in total. The van der Waals surface area contributed by atoms with Gasteiger partial charge in [0.2, 0.25) is 0 Å². The zero-order valence-corrected chi connectivity index (χ0v) is 24.4. The zero-order valence-electron chi connectivity index (χ0n) is 23.6. The Morgan fingerprint density at radius 1 is 0.850 bits per heavy atom. The monoisotopic (exact) mass is 590 g/mol. The number of halogens is 3. The smallest absolute Gasteiger partial charge is 0.493 e. The predicted octanol–water partition coefficient (Wildman–Crippen LogP) is 5.92. The third kappa shape index (κ3) is 6.87. The zero-order chi connectivity index (χ0) is 30.6. The normalized spacial score (nSPS) is 11.8. The number of benzene rings is 2. The Morgan fingerprint density at radius 2 is 1.43 bits per heavy atom. The van der Waals surface area contributed by atoms with Gasteiger partial charge in [-0.1, -0.05) is 13.3 Å². The van der Waals surface area contributed by atoms with Gasteiger partial charge in [0.05, 0.1) is 12.2 Å². The SMILES string of the molecule is CCCCOc1cc(C)c(C(=O)Oc2c(C)c(C)c(C(=O)OCOC)c(C)c2C)c(OS(=O)(=O)C(F)(F)F)c1C. The van der Waals surface area contributed by atoms with Crippen molar-refractivity contribution in [2.45, 2.75) is 66.8 Å². The molecule has 0 aliphatic carbocycles. The molecule has 0 saturated heterocycles. The van der Waals surface area contributed by atoms with Crippen LogP contribution in [0.15, 0.2) is 6.07 Å². The first-order chi connectivity index (χ1) is 18.5. The summed E-state index contributed by atoms with van der Waals surface area (Å²) in [5, 5.41) is 0. The van der Waals surface area contributed by atoms with E-state index in [1.165, 1.54) is 27.0 Å². The van der Waals surface area contributed by atoms with Crippen LogP contribution in [0.2, 0.25) is 0 Å². The first-order valence-electron chi connectivity index (χ1n) is 12.3. The van der Waals surface area contributed by atoms with Gasteiger partial charge in [0, 0.05) is 12.7 Å². The second kappa shape index (κ2) is 12.9. The van der Waals surface area contributed by atoms with Gasteiger partial charge in [-0.3, -0.25) is 0 Å². The Balaban J connectivity index is 2.67. The lowest BCUT2D eigenvalue weighted by atomic mass is 9.93. The Bertz CT molecular complexity index is 1370. The average molecular weight is 591 g/mol. The number of ether oxygens (including phenoxy) is 4. The predicted molar refractivity (Wildman–Crippen MR) is 140 cm³/mol. The van der Waals surface area contributed by atoms with E-state index in [9.17, 15) is 31.2 Å². The van der Waals surface area contributed by atoms with E-state index in [0.29, 0.717) is 28.7 Å². The Kier molecular flexibility index (Phi) is 10.6. The van der Waals surface area contributed by atoms with Crippen LogP contribution in [-0.2, 0) is 19.6 Å². The lowest BCUT2D eigenvalue weighted by Crippen LogP contribution is -2.29. The summed E-state index contributed by atoms with van der Waals surface area (Å²) < 4.78 is 89.3. The van der Waals surface area contributed by atoms with Crippen molar-refractivity contribution in [1.82, 2.24) is 0 Å². The van der Waals surface area contributed by atoms with Crippen molar-refractivity contribution in [3.8, 4) is 17.2 Å². The molecule has 0 amide bonds. The van der Waals surface area contributed by atoms with E-state index in [1.54, 1.807) is 27.7 Å². The number of hydrogen-bond donors (Lipinski definition) is 0. The number of aryl methyl sites for hydroxylation is 1. The van der Waals surface area contributed by atoms with Crippen molar-refractivity contribution < 1.29 is 54.3 Å². The Morgan fingerprint density at radius 3 is 1.93 bits per heavy atom. The molecule has 0 aliphatic heterocycles. The molecule has 0 fully saturated rings. The summed E-state index contributed by atoms with van der Waals surface area (Å²) in [7, 11) is -4.78. The van der Waals surface area contributed by atoms with Gasteiger partial charge < -0.3 is 23.1 Å². The van der Waals surface area contributed by atoms with Crippen LogP contribution >= 0.6 is 0 Å². The van der Waals surface area contributed by atoms with Gasteiger partial charge >= 0.3 is 27.6 Å². The minimum atomic E-state index is -6.14. The van der Waals surface area contributed by atoms with Crippen LogP contribution in [0.1, 0.15) is 73.9 Å². The van der Waals surface area contributed by atoms with Gasteiger partial charge in [-0.05, 0) is 81.8 Å². The average Bonchev–Trinajstić information content (AvgIpc) is 2.86. The van der Waals surface area contributed by atoms with E-state index in [-0.39, 0.29) is 41.6 Å². The standard InChI is InChI=1S/C27H33F3O9S/c1-9-10-11-36-20-12-14(2)21(24(19(20)7)39-40(33,34)27(28,29)30)26(32)38-23-17(5)15(3)22(16(4)18(23)6)25(31)37-13-35-8/h12H,9-11,13H2,1-8H3. The highest BCUT2D eigenvalue weighted by Gasteiger charge is 2.49. The lowest BCUT2D eigenvalue weighted by molar-refractivity contribution is -0.0500. The number of esters is 2. The summed E-state index contributed by atoms with van der Waals surface area (Å²) in [5.41, 5.74) is -4.43. The second-order valence-electron chi connectivity index (χ2n) is 9.14. The summed E-state index contributed by atoms with van der Waals surface area (Å²) >= 11 is 0. The van der Waals surface area contributed by atoms with Gasteiger partial charge in [-0.2, -0.15) is 21.6 Å². The minimum Gasteiger partial charge on any atom is -0.493 e. The molecule has 0 spiro atoms. The third-order valence-corrected chi connectivity index (χ3v) is 7.33. The van der Waals surface area contributed by atoms with Crippen LogP contribution in [-0.4, -0.2) is 46.4 Å². The number of unbranched alkanes of at least 4 members (excludes halogenated alkanes) is 1. The fourth-order valence-electron chi connectivity index (χ4n) is 3.91. The molecule has 0 heterocycles. The highest BCUT2D eigenvalue weighted by Crippen LogP contribution is 2.40. The van der Waals surface area contributed by atoms with Crippen LogP contribution in [0.5, 0.6) is 17.2 Å². The number of methoxy groups -OCH3 is 1. The van der Waals surface area contributed by atoms with E-state index >= 15 is 0 Å². The second-order valence-corrected chi connectivity index (χ2v) is 10.7. The van der Waals surface area contributed by atoms with Crippen molar-refractivity contribution in [3.63, 3.8) is 0 Å². The Hall–Kier alpha value is -3.32. The van der Waals surface area contributed by atoms with Gasteiger partial charge in [-0.15, -0.1) is 0 Å². The molecule has 0 bridgehead atoms. The molecule has 13 heteroatoms. The highest BCUT2D eigenvalue weighted by molar-refractivity contribution is 7.88. The molecule has 0 saturated carbocycles. The largest absolute Gasteiger partial charge is 0.534 e. The van der Waals surface area contributed by atoms with Crippen LogP contribution in [0.4, 0.5) is 13.2 Å². The number of rotatable bonds is 11. The van der Waals surface area contributed by atoms with E-state index < -0.39 is 38.9 Å². The molecule has 2 rings (SSSR count). The molecule has 2 aromatic carbocycles. The van der Waals surface area contributed by atoms with Crippen molar-refractivity contribution >= 4 is 22.1 Å². The van der Waals surface area contributed by atoms with Crippen LogP contribution < -0.4 is 13.7 Å². The number of alkyl halides is 3. The quantitative estimate of drug-likeness (QED) is 0.0785. The molecular weight excluding hydrogens is 557 g/mol. The maximum absolute atomic E-state index is 13.5. The Labute approximate surface area is 231 Å². The molecule has 0 radical (unpaired) electrons. The first kappa shape index (κ1) is 32.9. The van der Waals surface area contributed by atoms with E-state index in [4.69, 9.17) is 18.9 Å². The molecule has 0 atom stereocenters. The topological polar surface area (TPSA) is 114 Å². The highest BCUT2D eigenvalue weighted by atomic mass is 32.2. The van der Waals surface area contributed by atoms with Crippen molar-refractivity contribution in [1.29, 1.82) is 0 Å². The first-order valence-corrected chi connectivity index (χ1v) is 13.7. The molecular formula is C27H33F3O9S. The third-order valence-electron chi connectivity index (χ3n) is 6.38. The van der Waals surface area contributed by atoms with Gasteiger partial charge in [-0.25, -0.2) is 9.59 Å². The number of hydrogen-bond acceptors (Lipinski definition) is 9. The summed E-state index contributed by atoms with van der Waals surface area (Å²) in [6, 6.07) is 1.40. The molecule has 0 unspecified atom stereocenters. The minimum absolute atomic E-state index is 0.0493. The summed E-state index contributed by atoms with van der Waals surface area (Å²) in [5.74, 6) is -2.55. The fraction of sp³-hybridized carbons (Fsp3) is 0.481. The van der Waals surface area contributed by atoms with Crippen LogP contribution in [0.3, 0.4) is 0 Å². The van der Waals surface area contributed by atoms with Crippen LogP contribution in [0, 0.1) is 41.5 Å². The van der Waals surface area contributed by atoms with Gasteiger partial charge in [0.25, 0.3) is 0 Å². The molecule has 2 aromatic rings.